The maximum absolute atomic E-state index is 12.7. The minimum Gasteiger partial charge on any atom is -0.308 e. The predicted molar refractivity (Wildman–Crippen MR) is 129 cm³/mol. The van der Waals surface area contributed by atoms with Gasteiger partial charge in [0.25, 0.3) is 0 Å². The largest absolute Gasteiger partial charge is 0.323 e. The number of para-hydroxylation sites is 1. The van der Waals surface area contributed by atoms with E-state index in [-0.39, 0.29) is 6.03 Å². The zero-order chi connectivity index (χ0) is 21.7. The van der Waals surface area contributed by atoms with Gasteiger partial charge in [0.05, 0.1) is 0 Å². The third-order valence-corrected chi connectivity index (χ3v) is 6.04. The fourth-order valence-electron chi connectivity index (χ4n) is 3.22. The Bertz CT molecular complexity index is 972. The van der Waals surface area contributed by atoms with Crippen molar-refractivity contribution in [2.75, 3.05) is 10.6 Å². The quantitative estimate of drug-likeness (QED) is 0.405. The average molecular weight is 439 g/mol. The van der Waals surface area contributed by atoms with Crippen LogP contribution in [0.3, 0.4) is 0 Å². The molecule has 0 aliphatic rings. The second kappa shape index (κ2) is 10.1. The van der Waals surface area contributed by atoms with E-state index >= 15 is 0 Å². The van der Waals surface area contributed by atoms with E-state index in [2.05, 4.69) is 56.5 Å². The monoisotopic (exact) mass is 438 g/mol. The van der Waals surface area contributed by atoms with Crippen molar-refractivity contribution in [2.24, 2.45) is 0 Å². The van der Waals surface area contributed by atoms with E-state index < -0.39 is 0 Å². The molecule has 3 rings (SSSR count). The number of hydrogen-bond donors (Lipinski definition) is 2. The van der Waals surface area contributed by atoms with Crippen molar-refractivity contribution in [2.45, 2.75) is 49.3 Å². The van der Waals surface area contributed by atoms with Gasteiger partial charge < -0.3 is 10.6 Å². The third-order valence-electron chi connectivity index (χ3n) is 4.77. The second-order valence-electron chi connectivity index (χ2n) is 7.78. The molecule has 2 N–H and O–H groups in total. The summed E-state index contributed by atoms with van der Waals surface area (Å²) >= 11 is 7.59. The van der Waals surface area contributed by atoms with Crippen LogP contribution >= 0.6 is 23.4 Å². The maximum Gasteiger partial charge on any atom is 0.323 e. The Morgan fingerprint density at radius 2 is 1.27 bits per heavy atom. The van der Waals surface area contributed by atoms with Gasteiger partial charge in [-0.05, 0) is 71.5 Å². The van der Waals surface area contributed by atoms with E-state index in [1.54, 1.807) is 11.8 Å². The standard InChI is InChI=1S/C25H27ClN2OS/c1-16(2)22-6-5-7-23(17(3)4)24(22)28-25(29)27-19-10-14-21(15-11-19)30-20-12-8-18(26)9-13-20/h5-17H,1-4H3,(H2,27,28,29). The lowest BCUT2D eigenvalue weighted by molar-refractivity contribution is 0.262. The van der Waals surface area contributed by atoms with Gasteiger partial charge in [0, 0.05) is 26.2 Å². The van der Waals surface area contributed by atoms with Gasteiger partial charge in [0.2, 0.25) is 0 Å². The molecule has 156 valence electrons. The Labute approximate surface area is 188 Å². The average Bonchev–Trinajstić information content (AvgIpc) is 2.71. The van der Waals surface area contributed by atoms with Crippen LogP contribution in [0.25, 0.3) is 0 Å². The smallest absolute Gasteiger partial charge is 0.308 e. The molecule has 0 aromatic heterocycles. The number of carbonyl (C=O) groups excluding carboxylic acids is 1. The van der Waals surface area contributed by atoms with Crippen molar-refractivity contribution in [3.8, 4) is 0 Å². The highest BCUT2D eigenvalue weighted by Crippen LogP contribution is 2.33. The van der Waals surface area contributed by atoms with Crippen molar-refractivity contribution in [1.82, 2.24) is 0 Å². The van der Waals surface area contributed by atoms with Gasteiger partial charge in [-0.1, -0.05) is 69.3 Å². The summed E-state index contributed by atoms with van der Waals surface area (Å²) < 4.78 is 0. The first kappa shape index (κ1) is 22.3. The molecular formula is C25H27ClN2OS. The second-order valence-corrected chi connectivity index (χ2v) is 9.36. The number of benzene rings is 3. The van der Waals surface area contributed by atoms with Gasteiger partial charge in [0.15, 0.2) is 0 Å². The highest BCUT2D eigenvalue weighted by molar-refractivity contribution is 7.99. The summed E-state index contributed by atoms with van der Waals surface area (Å²) in [6.07, 6.45) is 0. The molecule has 3 aromatic rings. The molecule has 5 heteroatoms. The van der Waals surface area contributed by atoms with E-state index in [0.717, 1.165) is 37.3 Å². The summed E-state index contributed by atoms with van der Waals surface area (Å²) in [7, 11) is 0. The number of halogens is 1. The first-order chi connectivity index (χ1) is 14.3. The van der Waals surface area contributed by atoms with Gasteiger partial charge in [-0.25, -0.2) is 4.79 Å². The van der Waals surface area contributed by atoms with Gasteiger partial charge in [-0.3, -0.25) is 0 Å². The van der Waals surface area contributed by atoms with Crippen LogP contribution in [0.5, 0.6) is 0 Å². The van der Waals surface area contributed by atoms with E-state index in [4.69, 9.17) is 11.6 Å². The van der Waals surface area contributed by atoms with Gasteiger partial charge in [-0.15, -0.1) is 0 Å². The number of rotatable bonds is 6. The highest BCUT2D eigenvalue weighted by Gasteiger charge is 2.16. The first-order valence-corrected chi connectivity index (χ1v) is 11.3. The summed E-state index contributed by atoms with van der Waals surface area (Å²) in [5, 5.41) is 6.75. The Hall–Kier alpha value is -2.43. The zero-order valence-electron chi connectivity index (χ0n) is 17.7. The number of amides is 2. The van der Waals surface area contributed by atoms with Crippen LogP contribution in [0.1, 0.15) is 50.7 Å². The van der Waals surface area contributed by atoms with Crippen LogP contribution in [0.15, 0.2) is 76.5 Å². The SMILES string of the molecule is CC(C)c1cccc(C(C)C)c1NC(=O)Nc1ccc(Sc2ccc(Cl)cc2)cc1. The summed E-state index contributed by atoms with van der Waals surface area (Å²) in [5.41, 5.74) is 3.95. The molecule has 30 heavy (non-hydrogen) atoms. The predicted octanol–water partition coefficient (Wildman–Crippen LogP) is 8.38. The van der Waals surface area contributed by atoms with Crippen molar-refractivity contribution in [3.05, 3.63) is 82.9 Å². The topological polar surface area (TPSA) is 41.1 Å². The highest BCUT2D eigenvalue weighted by atomic mass is 35.5. The molecule has 0 saturated heterocycles. The molecule has 2 amide bonds. The Morgan fingerprint density at radius 1 is 0.767 bits per heavy atom. The molecule has 0 aliphatic carbocycles. The molecule has 0 atom stereocenters. The Balaban J connectivity index is 1.69. The van der Waals surface area contributed by atoms with Crippen LogP contribution in [0.2, 0.25) is 5.02 Å². The lowest BCUT2D eigenvalue weighted by atomic mass is 9.93. The van der Waals surface area contributed by atoms with Crippen molar-refractivity contribution >= 4 is 40.8 Å². The molecule has 3 aromatic carbocycles. The third kappa shape index (κ3) is 5.80. The molecule has 0 unspecified atom stereocenters. The van der Waals surface area contributed by atoms with Crippen molar-refractivity contribution < 1.29 is 4.79 Å². The van der Waals surface area contributed by atoms with Crippen LogP contribution in [0, 0.1) is 0 Å². The molecule has 0 saturated carbocycles. The summed E-state index contributed by atoms with van der Waals surface area (Å²) in [6, 6.07) is 21.5. The molecule has 0 spiro atoms. The fraction of sp³-hybridized carbons (Fsp3) is 0.240. The molecule has 0 fully saturated rings. The number of urea groups is 1. The molecule has 0 radical (unpaired) electrons. The number of hydrogen-bond acceptors (Lipinski definition) is 2. The minimum atomic E-state index is -0.233. The van der Waals surface area contributed by atoms with Crippen molar-refractivity contribution in [1.29, 1.82) is 0 Å². The molecule has 0 heterocycles. The first-order valence-electron chi connectivity index (χ1n) is 10.1. The van der Waals surface area contributed by atoms with E-state index in [0.29, 0.717) is 11.8 Å². The maximum atomic E-state index is 12.7. The molecule has 0 aliphatic heterocycles. The van der Waals surface area contributed by atoms with Gasteiger partial charge in [-0.2, -0.15) is 0 Å². The molecular weight excluding hydrogens is 412 g/mol. The number of nitrogens with one attached hydrogen (secondary N) is 2. The molecule has 0 bridgehead atoms. The van der Waals surface area contributed by atoms with Crippen LogP contribution < -0.4 is 10.6 Å². The lowest BCUT2D eigenvalue weighted by Crippen LogP contribution is -2.21. The fourth-order valence-corrected chi connectivity index (χ4v) is 4.16. The van der Waals surface area contributed by atoms with Crippen molar-refractivity contribution in [3.63, 3.8) is 0 Å². The summed E-state index contributed by atoms with van der Waals surface area (Å²) in [4.78, 5) is 14.9. The minimum absolute atomic E-state index is 0.233. The van der Waals surface area contributed by atoms with Gasteiger partial charge >= 0.3 is 6.03 Å². The van der Waals surface area contributed by atoms with Crippen LogP contribution in [-0.4, -0.2) is 6.03 Å². The van der Waals surface area contributed by atoms with Gasteiger partial charge in [0.1, 0.15) is 0 Å². The number of carbonyl (C=O) groups is 1. The number of anilines is 2. The Morgan fingerprint density at radius 3 is 1.77 bits per heavy atom. The normalized spacial score (nSPS) is 11.0. The lowest BCUT2D eigenvalue weighted by Gasteiger charge is -2.20. The van der Waals surface area contributed by atoms with E-state index in [1.165, 1.54) is 0 Å². The van der Waals surface area contributed by atoms with E-state index in [1.807, 2.05) is 48.5 Å². The van der Waals surface area contributed by atoms with Crippen LogP contribution in [0.4, 0.5) is 16.2 Å². The molecule has 3 nitrogen and oxygen atoms in total. The van der Waals surface area contributed by atoms with E-state index in [9.17, 15) is 4.79 Å². The zero-order valence-corrected chi connectivity index (χ0v) is 19.3. The summed E-state index contributed by atoms with van der Waals surface area (Å²) in [6.45, 7) is 8.55. The Kier molecular flexibility index (Phi) is 7.46. The summed E-state index contributed by atoms with van der Waals surface area (Å²) in [5.74, 6) is 0.645. The van der Waals surface area contributed by atoms with Crippen LogP contribution in [-0.2, 0) is 0 Å².